The van der Waals surface area contributed by atoms with Gasteiger partial charge in [-0.1, -0.05) is 0 Å². The third-order valence-electron chi connectivity index (χ3n) is 6.38. The standard InChI is InChI=1S/C28H16O2S4/c1-13-3-9-21(31-13)23-11-19-27(33-23)15-5-7-18-26-16(6-8-17(29-19)25(15)26)28-20(30-18)12-24(34-28)22-10-4-14(2)32-22/h3-12H,1-2H3. The molecule has 6 heteroatoms. The van der Waals surface area contributed by atoms with Crippen molar-refractivity contribution >= 4 is 56.1 Å². The molecule has 0 spiro atoms. The summed E-state index contributed by atoms with van der Waals surface area (Å²) in [6.45, 7) is 4.31. The molecule has 0 N–H and O–H groups in total. The maximum atomic E-state index is 6.47. The Hall–Kier alpha value is -2.90. The van der Waals surface area contributed by atoms with Crippen molar-refractivity contribution < 1.29 is 9.47 Å². The molecule has 164 valence electrons. The molecule has 6 heterocycles. The minimum atomic E-state index is 0.910. The topological polar surface area (TPSA) is 18.5 Å². The minimum absolute atomic E-state index is 0.910. The zero-order chi connectivity index (χ0) is 22.6. The molecule has 0 unspecified atom stereocenters. The summed E-state index contributed by atoms with van der Waals surface area (Å²) in [7, 11) is 0. The smallest absolute Gasteiger partial charge is 0.146 e. The maximum absolute atomic E-state index is 6.47. The molecule has 0 atom stereocenters. The fourth-order valence-electron chi connectivity index (χ4n) is 4.87. The van der Waals surface area contributed by atoms with E-state index in [1.165, 1.54) is 50.1 Å². The van der Waals surface area contributed by atoms with Crippen molar-refractivity contribution in [2.24, 2.45) is 0 Å². The van der Waals surface area contributed by atoms with Gasteiger partial charge in [-0.15, -0.1) is 45.3 Å². The highest BCUT2D eigenvalue weighted by molar-refractivity contribution is 7.25. The van der Waals surface area contributed by atoms with Gasteiger partial charge in [0.15, 0.2) is 0 Å². The minimum Gasteiger partial charge on any atom is -0.455 e. The van der Waals surface area contributed by atoms with Crippen LogP contribution in [0, 0.1) is 13.8 Å². The SMILES string of the molecule is Cc1ccc(-c2cc3c(s2)-c2ccc4c5c(ccc(c25)O3)-c2sc(-c3ccc(C)s3)cc2O4)s1. The van der Waals surface area contributed by atoms with Gasteiger partial charge in [0.2, 0.25) is 0 Å². The molecule has 0 saturated heterocycles. The van der Waals surface area contributed by atoms with Crippen molar-refractivity contribution in [2.75, 3.05) is 0 Å². The van der Waals surface area contributed by atoms with Crippen LogP contribution in [0.4, 0.5) is 0 Å². The van der Waals surface area contributed by atoms with Crippen LogP contribution in [0.1, 0.15) is 9.75 Å². The fraction of sp³-hybridized carbons (Fsp3) is 0.0714. The van der Waals surface area contributed by atoms with Crippen LogP contribution in [0.2, 0.25) is 0 Å². The van der Waals surface area contributed by atoms with E-state index in [-0.39, 0.29) is 0 Å². The molecule has 2 aromatic carbocycles. The first-order valence-corrected chi connectivity index (χ1v) is 14.3. The van der Waals surface area contributed by atoms with Crippen LogP contribution < -0.4 is 9.47 Å². The molecule has 2 nitrogen and oxygen atoms in total. The van der Waals surface area contributed by atoms with Gasteiger partial charge in [-0.25, -0.2) is 0 Å². The van der Waals surface area contributed by atoms with Crippen LogP contribution in [-0.4, -0.2) is 0 Å². The number of hydrogen-bond donors (Lipinski definition) is 0. The molecule has 0 radical (unpaired) electrons. The number of aryl methyl sites for hydroxylation is 2. The quantitative estimate of drug-likeness (QED) is 0.229. The maximum Gasteiger partial charge on any atom is 0.146 e. The molecule has 0 saturated carbocycles. The Morgan fingerprint density at radius 3 is 1.35 bits per heavy atom. The Morgan fingerprint density at radius 1 is 0.471 bits per heavy atom. The predicted molar refractivity (Wildman–Crippen MR) is 147 cm³/mol. The highest BCUT2D eigenvalue weighted by Gasteiger charge is 2.30. The van der Waals surface area contributed by atoms with Crippen LogP contribution >= 0.6 is 45.3 Å². The molecule has 0 bridgehead atoms. The monoisotopic (exact) mass is 512 g/mol. The van der Waals surface area contributed by atoms with Crippen LogP contribution in [0.5, 0.6) is 23.0 Å². The molecule has 2 aliphatic heterocycles. The van der Waals surface area contributed by atoms with E-state index < -0.39 is 0 Å². The van der Waals surface area contributed by atoms with Gasteiger partial charge in [-0.2, -0.15) is 0 Å². The van der Waals surface area contributed by atoms with E-state index in [9.17, 15) is 0 Å². The number of benzene rings is 2. The lowest BCUT2D eigenvalue weighted by molar-refractivity contribution is 0.482. The number of hydrogen-bond acceptors (Lipinski definition) is 6. The van der Waals surface area contributed by atoms with Gasteiger partial charge >= 0.3 is 0 Å². The van der Waals surface area contributed by atoms with Crippen molar-refractivity contribution in [1.82, 2.24) is 0 Å². The first-order valence-electron chi connectivity index (χ1n) is 11.0. The second-order valence-electron chi connectivity index (χ2n) is 8.61. The van der Waals surface area contributed by atoms with Crippen molar-refractivity contribution in [2.45, 2.75) is 13.8 Å². The number of fused-ring (bicyclic) bond motifs is 4. The van der Waals surface area contributed by atoms with Crippen LogP contribution in [0.25, 0.3) is 51.2 Å². The van der Waals surface area contributed by atoms with Gasteiger partial charge in [0, 0.05) is 63.3 Å². The molecule has 2 aliphatic rings. The van der Waals surface area contributed by atoms with Gasteiger partial charge in [0.25, 0.3) is 0 Å². The van der Waals surface area contributed by atoms with Gasteiger partial charge in [-0.3, -0.25) is 0 Å². The van der Waals surface area contributed by atoms with E-state index in [0.717, 1.165) is 33.8 Å². The molecular weight excluding hydrogens is 497 g/mol. The second-order valence-corrected chi connectivity index (χ2v) is 13.3. The van der Waals surface area contributed by atoms with Crippen molar-refractivity contribution in [3.05, 3.63) is 70.4 Å². The first kappa shape index (κ1) is 19.4. The molecule has 6 aromatic rings. The molecule has 4 aromatic heterocycles. The lowest BCUT2D eigenvalue weighted by Crippen LogP contribution is -1.99. The number of ether oxygens (including phenoxy) is 2. The van der Waals surface area contributed by atoms with Crippen molar-refractivity contribution in [3.8, 4) is 63.4 Å². The zero-order valence-electron chi connectivity index (χ0n) is 18.2. The average Bonchev–Trinajstić information content (AvgIpc) is 3.62. The Labute approximate surface area is 212 Å². The molecule has 0 aliphatic carbocycles. The van der Waals surface area contributed by atoms with E-state index in [4.69, 9.17) is 9.47 Å². The Bertz CT molecular complexity index is 1660. The second kappa shape index (κ2) is 6.83. The summed E-state index contributed by atoms with van der Waals surface area (Å²) in [6.07, 6.45) is 0. The van der Waals surface area contributed by atoms with Gasteiger partial charge in [0.1, 0.15) is 23.0 Å². The lowest BCUT2D eigenvalue weighted by Gasteiger charge is -2.24. The molecule has 34 heavy (non-hydrogen) atoms. The van der Waals surface area contributed by atoms with Gasteiger partial charge in [-0.05, 0) is 62.4 Å². The average molecular weight is 513 g/mol. The van der Waals surface area contributed by atoms with Crippen LogP contribution in [-0.2, 0) is 0 Å². The summed E-state index contributed by atoms with van der Waals surface area (Å²) < 4.78 is 12.9. The third kappa shape index (κ3) is 2.65. The van der Waals surface area contributed by atoms with Gasteiger partial charge in [0.05, 0.1) is 9.75 Å². The summed E-state index contributed by atoms with van der Waals surface area (Å²) in [5.41, 5.74) is 2.47. The number of rotatable bonds is 2. The Balaban J connectivity index is 1.33. The van der Waals surface area contributed by atoms with Crippen molar-refractivity contribution in [3.63, 3.8) is 0 Å². The first-order chi connectivity index (χ1) is 16.6. The number of thiophene rings is 4. The summed E-state index contributed by atoms with van der Waals surface area (Å²) in [5.74, 6) is 3.72. The van der Waals surface area contributed by atoms with Crippen molar-refractivity contribution in [1.29, 1.82) is 0 Å². The van der Waals surface area contributed by atoms with E-state index in [1.54, 1.807) is 0 Å². The molecule has 0 fully saturated rings. The molecule has 0 amide bonds. The summed E-state index contributed by atoms with van der Waals surface area (Å²) in [4.78, 5) is 10.1. The Morgan fingerprint density at radius 2 is 0.941 bits per heavy atom. The molecule has 8 rings (SSSR count). The van der Waals surface area contributed by atoms with E-state index in [1.807, 2.05) is 45.3 Å². The summed E-state index contributed by atoms with van der Waals surface area (Å²) in [5, 5.41) is 2.32. The molecular formula is C28H16O2S4. The van der Waals surface area contributed by atoms with E-state index in [2.05, 4.69) is 74.5 Å². The van der Waals surface area contributed by atoms with E-state index >= 15 is 0 Å². The zero-order valence-corrected chi connectivity index (χ0v) is 21.5. The largest absolute Gasteiger partial charge is 0.455 e. The summed E-state index contributed by atoms with van der Waals surface area (Å²) >= 11 is 7.29. The predicted octanol–water partition coefficient (Wildman–Crippen LogP) is 10.6. The van der Waals surface area contributed by atoms with Crippen LogP contribution in [0.15, 0.2) is 60.7 Å². The lowest BCUT2D eigenvalue weighted by atomic mass is 9.94. The van der Waals surface area contributed by atoms with E-state index in [0.29, 0.717) is 0 Å². The van der Waals surface area contributed by atoms with Gasteiger partial charge < -0.3 is 9.47 Å². The summed E-state index contributed by atoms with van der Waals surface area (Å²) in [6, 6.07) is 21.8. The Kier molecular flexibility index (Phi) is 3.90. The highest BCUT2D eigenvalue weighted by atomic mass is 32.1. The van der Waals surface area contributed by atoms with Crippen LogP contribution in [0.3, 0.4) is 0 Å². The highest BCUT2D eigenvalue weighted by Crippen LogP contribution is 2.59. The third-order valence-corrected chi connectivity index (χ3v) is 11.1. The normalized spacial score (nSPS) is 12.9. The fourth-order valence-corrected chi connectivity index (χ4v) is 9.00.